The highest BCUT2D eigenvalue weighted by Gasteiger charge is 2.37. The molecule has 8 nitrogen and oxygen atoms in total. The van der Waals surface area contributed by atoms with Crippen LogP contribution in [0.4, 0.5) is 4.79 Å². The van der Waals surface area contributed by atoms with Gasteiger partial charge in [0.2, 0.25) is 11.7 Å². The fraction of sp³-hybridized carbons (Fsp3) is 0.579. The lowest BCUT2D eigenvalue weighted by molar-refractivity contribution is -0.212. The number of aliphatic hydroxyl groups excluding tert-OH is 1. The number of benzene rings is 1. The average Bonchev–Trinajstić information content (AvgIpc) is 2.60. The molecule has 0 saturated carbocycles. The fourth-order valence-electron chi connectivity index (χ4n) is 2.49. The molecule has 29 heavy (non-hydrogen) atoms. The zero-order chi connectivity index (χ0) is 22.4. The molecule has 1 aromatic carbocycles. The Morgan fingerprint density at radius 1 is 1.17 bits per heavy atom. The number of amides is 2. The van der Waals surface area contributed by atoms with Crippen LogP contribution in [0.5, 0.6) is 0 Å². The third kappa shape index (κ3) is 7.31. The van der Waals surface area contributed by atoms with Gasteiger partial charge in [-0.15, -0.1) is 0 Å². The van der Waals surface area contributed by atoms with E-state index in [4.69, 9.17) is 37.4 Å². The van der Waals surface area contributed by atoms with Gasteiger partial charge in [-0.3, -0.25) is 4.79 Å². The van der Waals surface area contributed by atoms with Crippen LogP contribution in [0.1, 0.15) is 33.3 Å². The van der Waals surface area contributed by atoms with Crippen LogP contribution in [0.15, 0.2) is 18.2 Å². The molecule has 0 aliphatic heterocycles. The molecule has 0 aliphatic rings. The van der Waals surface area contributed by atoms with Gasteiger partial charge in [0.15, 0.2) is 0 Å². The van der Waals surface area contributed by atoms with Crippen LogP contribution in [0.25, 0.3) is 0 Å². The molecule has 10 heteroatoms. The minimum Gasteiger partial charge on any atom is -0.444 e. The van der Waals surface area contributed by atoms with Crippen molar-refractivity contribution < 1.29 is 28.9 Å². The van der Waals surface area contributed by atoms with E-state index in [1.807, 2.05) is 0 Å². The number of rotatable bonds is 8. The van der Waals surface area contributed by atoms with Crippen molar-refractivity contribution in [1.29, 1.82) is 0 Å². The molecular weight excluding hydrogens is 423 g/mol. The lowest BCUT2D eigenvalue weighted by atomic mass is 10.0. The number of alkyl carbamates (subject to hydrolysis) is 1. The molecule has 0 spiro atoms. The Kier molecular flexibility index (Phi) is 9.17. The van der Waals surface area contributed by atoms with Crippen molar-refractivity contribution in [3.05, 3.63) is 33.8 Å². The minimum atomic E-state index is -1.41. The van der Waals surface area contributed by atoms with Crippen molar-refractivity contribution >= 4 is 35.2 Å². The van der Waals surface area contributed by atoms with E-state index in [0.717, 1.165) is 0 Å². The first-order chi connectivity index (χ1) is 13.3. The molecule has 3 N–H and O–H groups in total. The number of methoxy groups -OCH3 is 2. The molecule has 2 atom stereocenters. The van der Waals surface area contributed by atoms with E-state index in [1.165, 1.54) is 27.2 Å². The van der Waals surface area contributed by atoms with E-state index in [0.29, 0.717) is 10.6 Å². The van der Waals surface area contributed by atoms with Crippen molar-refractivity contribution in [2.75, 3.05) is 20.8 Å². The van der Waals surface area contributed by atoms with Crippen molar-refractivity contribution in [1.82, 2.24) is 10.6 Å². The van der Waals surface area contributed by atoms with Crippen molar-refractivity contribution in [2.24, 2.45) is 0 Å². The van der Waals surface area contributed by atoms with Gasteiger partial charge in [0.25, 0.3) is 0 Å². The summed E-state index contributed by atoms with van der Waals surface area (Å²) in [5, 5.41) is 15.6. The summed E-state index contributed by atoms with van der Waals surface area (Å²) >= 11 is 12.2. The number of nitrogens with one attached hydrogen (secondary N) is 2. The summed E-state index contributed by atoms with van der Waals surface area (Å²) in [6.07, 6.45) is -2.01. The highest BCUT2D eigenvalue weighted by Crippen LogP contribution is 2.33. The van der Waals surface area contributed by atoms with Crippen LogP contribution in [0.2, 0.25) is 10.0 Å². The molecular formula is C19H28Cl2N2O6. The number of hydrogen-bond donors (Lipinski definition) is 3. The summed E-state index contributed by atoms with van der Waals surface area (Å²) in [6.45, 7) is 6.28. The molecule has 2 unspecified atom stereocenters. The number of aliphatic hydroxyl groups is 1. The molecule has 0 aliphatic carbocycles. The molecule has 2 amide bonds. The first-order valence-corrected chi connectivity index (χ1v) is 9.62. The number of ether oxygens (including phenoxy) is 3. The zero-order valence-corrected chi connectivity index (χ0v) is 18.9. The smallest absolute Gasteiger partial charge is 0.408 e. The molecule has 0 fully saturated rings. The summed E-state index contributed by atoms with van der Waals surface area (Å²) in [6, 6.07) is 3.50. The van der Waals surface area contributed by atoms with Crippen molar-refractivity contribution in [3.8, 4) is 0 Å². The summed E-state index contributed by atoms with van der Waals surface area (Å²) in [4.78, 5) is 24.6. The Bertz CT molecular complexity index is 717. The topological polar surface area (TPSA) is 106 Å². The van der Waals surface area contributed by atoms with Gasteiger partial charge < -0.3 is 30.0 Å². The number of carbonyl (C=O) groups excluding carboxylic acids is 2. The van der Waals surface area contributed by atoms with Gasteiger partial charge in [0.1, 0.15) is 11.6 Å². The van der Waals surface area contributed by atoms with Gasteiger partial charge in [-0.2, -0.15) is 0 Å². The summed E-state index contributed by atoms with van der Waals surface area (Å²) in [7, 11) is 2.79. The SMILES string of the molecule is COC(CNC(=O)C(NC(=O)OC(C)(C)C)C(C)O)(OC)c1ccc(Cl)cc1Cl. The monoisotopic (exact) mass is 450 g/mol. The van der Waals surface area contributed by atoms with Crippen LogP contribution in [-0.2, 0) is 24.8 Å². The van der Waals surface area contributed by atoms with E-state index in [2.05, 4.69) is 10.6 Å². The fourth-order valence-corrected chi connectivity index (χ4v) is 3.05. The van der Waals surface area contributed by atoms with Gasteiger partial charge in [-0.05, 0) is 39.8 Å². The lowest BCUT2D eigenvalue weighted by Crippen LogP contribution is -2.55. The second-order valence-corrected chi connectivity index (χ2v) is 8.21. The molecule has 0 aromatic heterocycles. The van der Waals surface area contributed by atoms with E-state index in [-0.39, 0.29) is 11.6 Å². The first-order valence-electron chi connectivity index (χ1n) is 8.86. The predicted octanol–water partition coefficient (Wildman–Crippen LogP) is 2.83. The van der Waals surface area contributed by atoms with Crippen LogP contribution >= 0.6 is 23.2 Å². The van der Waals surface area contributed by atoms with Crippen molar-refractivity contribution in [2.45, 2.75) is 51.2 Å². The van der Waals surface area contributed by atoms with Gasteiger partial charge in [0.05, 0.1) is 17.7 Å². The maximum Gasteiger partial charge on any atom is 0.408 e. The van der Waals surface area contributed by atoms with Crippen LogP contribution in [0, 0.1) is 0 Å². The second-order valence-electron chi connectivity index (χ2n) is 7.37. The molecule has 164 valence electrons. The molecule has 0 bridgehead atoms. The van der Waals surface area contributed by atoms with Gasteiger partial charge in [0, 0.05) is 24.8 Å². The Hall–Kier alpha value is -1.58. The van der Waals surface area contributed by atoms with Crippen LogP contribution < -0.4 is 10.6 Å². The highest BCUT2D eigenvalue weighted by molar-refractivity contribution is 6.35. The van der Waals surface area contributed by atoms with E-state index in [9.17, 15) is 14.7 Å². The Morgan fingerprint density at radius 3 is 2.21 bits per heavy atom. The Morgan fingerprint density at radius 2 is 1.76 bits per heavy atom. The second kappa shape index (κ2) is 10.4. The molecule has 0 radical (unpaired) electrons. The lowest BCUT2D eigenvalue weighted by Gasteiger charge is -2.33. The zero-order valence-electron chi connectivity index (χ0n) is 17.3. The standard InChI is InChI=1S/C19H28Cl2N2O6/c1-11(24)15(23-17(26)29-18(2,3)4)16(25)22-10-19(27-5,28-6)13-8-7-12(20)9-14(13)21/h7-9,11,15,24H,10H2,1-6H3,(H,22,25)(H,23,26). The highest BCUT2D eigenvalue weighted by atomic mass is 35.5. The third-order valence-corrected chi connectivity index (χ3v) is 4.48. The van der Waals surface area contributed by atoms with E-state index in [1.54, 1.807) is 32.9 Å². The number of hydrogen-bond acceptors (Lipinski definition) is 6. The van der Waals surface area contributed by atoms with Gasteiger partial charge in [-0.25, -0.2) is 4.79 Å². The van der Waals surface area contributed by atoms with Crippen LogP contribution in [-0.4, -0.2) is 55.6 Å². The predicted molar refractivity (Wildman–Crippen MR) is 110 cm³/mol. The quantitative estimate of drug-likeness (QED) is 0.525. The van der Waals surface area contributed by atoms with Gasteiger partial charge in [-0.1, -0.05) is 29.3 Å². The molecule has 0 saturated heterocycles. The molecule has 1 aromatic rings. The first kappa shape index (κ1) is 25.5. The van der Waals surface area contributed by atoms with E-state index < -0.39 is 35.5 Å². The maximum atomic E-state index is 12.6. The largest absolute Gasteiger partial charge is 0.444 e. The summed E-state index contributed by atoms with van der Waals surface area (Å²) < 4.78 is 16.1. The minimum absolute atomic E-state index is 0.153. The summed E-state index contributed by atoms with van der Waals surface area (Å²) in [5.74, 6) is -2.07. The van der Waals surface area contributed by atoms with E-state index >= 15 is 0 Å². The van der Waals surface area contributed by atoms with Gasteiger partial charge >= 0.3 is 6.09 Å². The number of halogens is 2. The Labute approximate surface area is 180 Å². The summed E-state index contributed by atoms with van der Waals surface area (Å²) in [5.41, 5.74) is -0.307. The normalized spacial score (nSPS) is 14.1. The van der Waals surface area contributed by atoms with Crippen LogP contribution in [0.3, 0.4) is 0 Å². The van der Waals surface area contributed by atoms with Crippen molar-refractivity contribution in [3.63, 3.8) is 0 Å². The number of carbonyl (C=O) groups is 2. The molecule has 1 rings (SSSR count). The molecule has 0 heterocycles. The maximum absolute atomic E-state index is 12.6. The Balaban J connectivity index is 2.97. The average molecular weight is 451 g/mol. The third-order valence-electron chi connectivity index (χ3n) is 3.93.